The second-order valence-corrected chi connectivity index (χ2v) is 5.29. The van der Waals surface area contributed by atoms with Crippen molar-refractivity contribution in [3.05, 3.63) is 82.9 Å². The van der Waals surface area contributed by atoms with Gasteiger partial charge in [-0.05, 0) is 53.6 Å². The molecule has 0 spiro atoms. The molecule has 0 saturated heterocycles. The summed E-state index contributed by atoms with van der Waals surface area (Å²) in [5.74, 6) is -1.32. The summed E-state index contributed by atoms with van der Waals surface area (Å²) in [4.78, 5) is 0. The molecule has 1 atom stereocenters. The van der Waals surface area contributed by atoms with Crippen LogP contribution >= 0.6 is 0 Å². The molecule has 0 heterocycles. The van der Waals surface area contributed by atoms with Gasteiger partial charge in [-0.2, -0.15) is 0 Å². The van der Waals surface area contributed by atoms with E-state index in [9.17, 15) is 8.78 Å². The average Bonchev–Trinajstić information content (AvgIpc) is 2.83. The molecule has 0 nitrogen and oxygen atoms in total. The standard InChI is InChI=1S/C18H16F2/c1-2-3-12-4-6-13(7-5-12)15-9-8-14-10-17(19)18(20)11-16(14)15/h2,4-7,10-11,15H,1,3,8-9H2. The number of benzene rings is 2. The molecular weight excluding hydrogens is 254 g/mol. The summed E-state index contributed by atoms with van der Waals surface area (Å²) >= 11 is 0. The van der Waals surface area contributed by atoms with Crippen LogP contribution in [0.3, 0.4) is 0 Å². The van der Waals surface area contributed by atoms with Crippen molar-refractivity contribution in [2.75, 3.05) is 0 Å². The maximum atomic E-state index is 13.4. The highest BCUT2D eigenvalue weighted by atomic mass is 19.2. The van der Waals surface area contributed by atoms with E-state index < -0.39 is 11.6 Å². The van der Waals surface area contributed by atoms with Gasteiger partial charge in [0, 0.05) is 5.92 Å². The van der Waals surface area contributed by atoms with E-state index in [-0.39, 0.29) is 5.92 Å². The largest absolute Gasteiger partial charge is 0.204 e. The monoisotopic (exact) mass is 270 g/mol. The van der Waals surface area contributed by atoms with Crippen molar-refractivity contribution in [1.29, 1.82) is 0 Å². The average molecular weight is 270 g/mol. The van der Waals surface area contributed by atoms with Gasteiger partial charge in [-0.25, -0.2) is 8.78 Å². The Morgan fingerprint density at radius 1 is 1.10 bits per heavy atom. The van der Waals surface area contributed by atoms with Crippen molar-refractivity contribution in [3.63, 3.8) is 0 Å². The fourth-order valence-corrected chi connectivity index (χ4v) is 3.00. The first kappa shape index (κ1) is 13.0. The molecule has 102 valence electrons. The van der Waals surface area contributed by atoms with Crippen LogP contribution in [-0.2, 0) is 12.8 Å². The highest BCUT2D eigenvalue weighted by molar-refractivity contribution is 5.43. The summed E-state index contributed by atoms with van der Waals surface area (Å²) in [7, 11) is 0. The summed E-state index contributed by atoms with van der Waals surface area (Å²) in [5.41, 5.74) is 4.25. The zero-order chi connectivity index (χ0) is 14.1. The van der Waals surface area contributed by atoms with Gasteiger partial charge in [0.05, 0.1) is 0 Å². The second kappa shape index (κ2) is 5.20. The SMILES string of the molecule is C=CCc1ccc(C2CCc3cc(F)c(F)cc32)cc1. The highest BCUT2D eigenvalue weighted by Gasteiger charge is 2.25. The van der Waals surface area contributed by atoms with Crippen LogP contribution in [0.15, 0.2) is 49.1 Å². The van der Waals surface area contributed by atoms with E-state index in [1.54, 1.807) is 0 Å². The maximum absolute atomic E-state index is 13.4. The third-order valence-electron chi connectivity index (χ3n) is 4.02. The number of allylic oxidation sites excluding steroid dienone is 1. The van der Waals surface area contributed by atoms with E-state index in [4.69, 9.17) is 0 Å². The highest BCUT2D eigenvalue weighted by Crippen LogP contribution is 2.39. The molecule has 20 heavy (non-hydrogen) atoms. The number of aryl methyl sites for hydroxylation is 1. The van der Waals surface area contributed by atoms with Crippen molar-refractivity contribution in [1.82, 2.24) is 0 Å². The second-order valence-electron chi connectivity index (χ2n) is 5.29. The predicted molar refractivity (Wildman–Crippen MR) is 76.9 cm³/mol. The van der Waals surface area contributed by atoms with Crippen LogP contribution in [0.5, 0.6) is 0 Å². The van der Waals surface area contributed by atoms with E-state index >= 15 is 0 Å². The Hall–Kier alpha value is -1.96. The molecule has 0 amide bonds. The molecule has 0 aromatic heterocycles. The topological polar surface area (TPSA) is 0 Å². The van der Waals surface area contributed by atoms with Gasteiger partial charge < -0.3 is 0 Å². The molecule has 0 radical (unpaired) electrons. The van der Waals surface area contributed by atoms with E-state index in [1.807, 2.05) is 6.08 Å². The first-order chi connectivity index (χ1) is 9.69. The molecule has 1 unspecified atom stereocenters. The predicted octanol–water partition coefficient (Wildman–Crippen LogP) is 4.77. The first-order valence-electron chi connectivity index (χ1n) is 6.86. The number of fused-ring (bicyclic) bond motifs is 1. The van der Waals surface area contributed by atoms with Crippen LogP contribution in [0.2, 0.25) is 0 Å². The van der Waals surface area contributed by atoms with E-state index in [0.29, 0.717) is 0 Å². The third kappa shape index (κ3) is 2.26. The molecule has 3 rings (SSSR count). The van der Waals surface area contributed by atoms with Crippen LogP contribution < -0.4 is 0 Å². The maximum Gasteiger partial charge on any atom is 0.159 e. The molecule has 1 aliphatic carbocycles. The van der Waals surface area contributed by atoms with E-state index in [0.717, 1.165) is 30.4 Å². The molecule has 2 aromatic carbocycles. The van der Waals surface area contributed by atoms with Gasteiger partial charge >= 0.3 is 0 Å². The Balaban J connectivity index is 1.94. The minimum Gasteiger partial charge on any atom is -0.204 e. The number of hydrogen-bond donors (Lipinski definition) is 0. The summed E-state index contributed by atoms with van der Waals surface area (Å²) in [6, 6.07) is 11.0. The Bertz CT molecular complexity index is 641. The van der Waals surface area contributed by atoms with Gasteiger partial charge in [0.2, 0.25) is 0 Å². The van der Waals surface area contributed by atoms with Crippen molar-refractivity contribution in [2.24, 2.45) is 0 Å². The summed E-state index contributed by atoms with van der Waals surface area (Å²) in [6.45, 7) is 3.73. The van der Waals surface area contributed by atoms with Gasteiger partial charge in [-0.3, -0.25) is 0 Å². The Kier molecular flexibility index (Phi) is 3.39. The van der Waals surface area contributed by atoms with Crippen molar-refractivity contribution in [3.8, 4) is 0 Å². The van der Waals surface area contributed by atoms with Gasteiger partial charge in [0.1, 0.15) is 0 Å². The van der Waals surface area contributed by atoms with Crippen LogP contribution in [0.4, 0.5) is 8.78 Å². The molecule has 1 aliphatic rings. The van der Waals surface area contributed by atoms with E-state index in [1.165, 1.54) is 23.3 Å². The third-order valence-corrected chi connectivity index (χ3v) is 4.02. The lowest BCUT2D eigenvalue weighted by Gasteiger charge is -2.13. The lowest BCUT2D eigenvalue weighted by atomic mass is 9.92. The first-order valence-corrected chi connectivity index (χ1v) is 6.86. The zero-order valence-electron chi connectivity index (χ0n) is 11.2. The van der Waals surface area contributed by atoms with Gasteiger partial charge in [0.25, 0.3) is 0 Å². The summed E-state index contributed by atoms with van der Waals surface area (Å²) in [5, 5.41) is 0. The number of halogens is 2. The van der Waals surface area contributed by atoms with Crippen LogP contribution in [0.1, 0.15) is 34.6 Å². The minimum absolute atomic E-state index is 0.179. The van der Waals surface area contributed by atoms with Crippen LogP contribution in [0, 0.1) is 11.6 Å². The van der Waals surface area contributed by atoms with Gasteiger partial charge in [0.15, 0.2) is 11.6 Å². The van der Waals surface area contributed by atoms with Crippen LogP contribution in [-0.4, -0.2) is 0 Å². The smallest absolute Gasteiger partial charge is 0.159 e. The van der Waals surface area contributed by atoms with Gasteiger partial charge in [-0.1, -0.05) is 30.3 Å². The molecule has 2 heteroatoms. The van der Waals surface area contributed by atoms with Crippen molar-refractivity contribution in [2.45, 2.75) is 25.2 Å². The lowest BCUT2D eigenvalue weighted by Crippen LogP contribution is -1.98. The molecule has 2 aromatic rings. The molecule has 0 aliphatic heterocycles. The molecular formula is C18H16F2. The summed E-state index contributed by atoms with van der Waals surface area (Å²) in [6.07, 6.45) is 4.45. The molecule has 0 fully saturated rings. The molecule has 0 N–H and O–H groups in total. The normalized spacial score (nSPS) is 17.0. The number of hydrogen-bond acceptors (Lipinski definition) is 0. The fraction of sp³-hybridized carbons (Fsp3) is 0.222. The summed E-state index contributed by atoms with van der Waals surface area (Å²) < 4.78 is 26.7. The fourth-order valence-electron chi connectivity index (χ4n) is 3.00. The quantitative estimate of drug-likeness (QED) is 0.705. The molecule has 0 saturated carbocycles. The van der Waals surface area contributed by atoms with Crippen molar-refractivity contribution < 1.29 is 8.78 Å². The Morgan fingerprint density at radius 3 is 2.50 bits per heavy atom. The molecule has 0 bridgehead atoms. The minimum atomic E-state index is -0.751. The Labute approximate surface area is 117 Å². The Morgan fingerprint density at radius 2 is 1.80 bits per heavy atom. The van der Waals surface area contributed by atoms with Crippen molar-refractivity contribution >= 4 is 0 Å². The number of rotatable bonds is 3. The van der Waals surface area contributed by atoms with E-state index in [2.05, 4.69) is 30.8 Å². The lowest BCUT2D eigenvalue weighted by molar-refractivity contribution is 0.506. The van der Waals surface area contributed by atoms with Gasteiger partial charge in [-0.15, -0.1) is 6.58 Å². The zero-order valence-corrected chi connectivity index (χ0v) is 11.2. The van der Waals surface area contributed by atoms with Crippen LogP contribution in [0.25, 0.3) is 0 Å².